The second kappa shape index (κ2) is 8.27. The number of aromatic nitrogens is 2. The van der Waals surface area contributed by atoms with Crippen LogP contribution in [0, 0.1) is 18.6 Å². The summed E-state index contributed by atoms with van der Waals surface area (Å²) in [6.45, 7) is 8.12. The van der Waals surface area contributed by atoms with Gasteiger partial charge in [-0.1, -0.05) is 56.3 Å². The zero-order valence-electron chi connectivity index (χ0n) is 16.3. The smallest absolute Gasteiger partial charge is 0.223 e. The van der Waals surface area contributed by atoms with E-state index >= 15 is 0 Å². The quantitative estimate of drug-likeness (QED) is 0.364. The van der Waals surface area contributed by atoms with Crippen LogP contribution in [0.3, 0.4) is 0 Å². The monoisotopic (exact) mass is 400 g/mol. The van der Waals surface area contributed by atoms with Crippen LogP contribution in [0.2, 0.25) is 0 Å². The van der Waals surface area contributed by atoms with Gasteiger partial charge in [0.2, 0.25) is 5.88 Å². The molecule has 2 aromatic carbocycles. The van der Waals surface area contributed by atoms with Gasteiger partial charge in [0.05, 0.1) is 5.69 Å². The Kier molecular flexibility index (Phi) is 5.98. The molecule has 0 spiro atoms. The van der Waals surface area contributed by atoms with Gasteiger partial charge >= 0.3 is 0 Å². The van der Waals surface area contributed by atoms with Crippen molar-refractivity contribution in [2.75, 3.05) is 0 Å². The van der Waals surface area contributed by atoms with Gasteiger partial charge in [0.15, 0.2) is 5.16 Å². The molecular weight excluding hydrogens is 378 g/mol. The normalized spacial score (nSPS) is 11.5. The molecule has 3 aromatic rings. The molecule has 0 bridgehead atoms. The second-order valence-corrected chi connectivity index (χ2v) is 8.47. The van der Waals surface area contributed by atoms with Crippen LogP contribution in [0.25, 0.3) is 0 Å². The fourth-order valence-electron chi connectivity index (χ4n) is 2.44. The zero-order chi connectivity index (χ0) is 20.3. The lowest BCUT2D eigenvalue weighted by molar-refractivity contribution is 0.446. The number of hydrogen-bond donors (Lipinski definition) is 0. The Labute approximate surface area is 168 Å². The molecule has 0 aliphatic rings. The highest BCUT2D eigenvalue weighted by Crippen LogP contribution is 2.30. The molecule has 28 heavy (non-hydrogen) atoms. The SMILES string of the molecule is Cc1ccc(Oc2cc(C(C)(C)C)nc(SCc3c(F)cccc3F)n2)cc1. The maximum Gasteiger partial charge on any atom is 0.223 e. The van der Waals surface area contributed by atoms with Crippen molar-refractivity contribution in [2.24, 2.45) is 0 Å². The number of thioether (sulfide) groups is 1. The van der Waals surface area contributed by atoms with Crippen molar-refractivity contribution < 1.29 is 13.5 Å². The number of halogens is 2. The Hall–Kier alpha value is -2.47. The van der Waals surface area contributed by atoms with Gasteiger partial charge in [-0.05, 0) is 31.2 Å². The highest BCUT2D eigenvalue weighted by Gasteiger charge is 2.20. The minimum absolute atomic E-state index is 0.0123. The standard InChI is InChI=1S/C22H22F2N2OS/c1-14-8-10-15(11-9-14)27-20-12-19(22(2,3)4)25-21(26-20)28-13-16-17(23)6-5-7-18(16)24/h5-12H,13H2,1-4H3. The predicted octanol–water partition coefficient (Wildman–Crippen LogP) is 6.45. The first-order valence-electron chi connectivity index (χ1n) is 8.92. The molecule has 1 heterocycles. The summed E-state index contributed by atoms with van der Waals surface area (Å²) in [7, 11) is 0. The molecule has 0 amide bonds. The molecule has 3 nitrogen and oxygen atoms in total. The summed E-state index contributed by atoms with van der Waals surface area (Å²) in [5.41, 5.74) is 1.71. The lowest BCUT2D eigenvalue weighted by atomic mass is 9.92. The van der Waals surface area contributed by atoms with Crippen LogP contribution < -0.4 is 4.74 Å². The summed E-state index contributed by atoms with van der Waals surface area (Å²) < 4.78 is 33.7. The average Bonchev–Trinajstić information content (AvgIpc) is 2.62. The summed E-state index contributed by atoms with van der Waals surface area (Å²) >= 11 is 1.18. The van der Waals surface area contributed by atoms with Crippen LogP contribution >= 0.6 is 11.8 Å². The van der Waals surface area contributed by atoms with E-state index in [4.69, 9.17) is 4.74 Å². The molecule has 0 radical (unpaired) electrons. The first kappa shape index (κ1) is 20.3. The van der Waals surface area contributed by atoms with Crippen molar-refractivity contribution in [3.05, 3.63) is 77.0 Å². The first-order chi connectivity index (χ1) is 13.2. The van der Waals surface area contributed by atoms with Crippen LogP contribution in [0.4, 0.5) is 8.78 Å². The first-order valence-corrected chi connectivity index (χ1v) is 9.91. The molecule has 0 saturated carbocycles. The molecule has 0 atom stereocenters. The third-order valence-electron chi connectivity index (χ3n) is 4.10. The summed E-state index contributed by atoms with van der Waals surface area (Å²) in [5, 5.41) is 0.414. The fraction of sp³-hybridized carbons (Fsp3) is 0.273. The predicted molar refractivity (Wildman–Crippen MR) is 108 cm³/mol. The molecule has 6 heteroatoms. The van der Waals surface area contributed by atoms with Crippen LogP contribution in [0.1, 0.15) is 37.6 Å². The number of hydrogen-bond acceptors (Lipinski definition) is 4. The molecule has 0 N–H and O–H groups in total. The van der Waals surface area contributed by atoms with Gasteiger partial charge in [-0.15, -0.1) is 0 Å². The molecule has 146 valence electrons. The van der Waals surface area contributed by atoms with Crippen molar-refractivity contribution in [3.8, 4) is 11.6 Å². The number of benzene rings is 2. The van der Waals surface area contributed by atoms with E-state index in [1.54, 1.807) is 6.07 Å². The van der Waals surface area contributed by atoms with Crippen molar-refractivity contribution >= 4 is 11.8 Å². The van der Waals surface area contributed by atoms with Crippen molar-refractivity contribution in [2.45, 2.75) is 44.0 Å². The van der Waals surface area contributed by atoms with Gasteiger partial charge in [0.25, 0.3) is 0 Å². The largest absolute Gasteiger partial charge is 0.439 e. The fourth-order valence-corrected chi connectivity index (χ4v) is 3.31. The number of aryl methyl sites for hydroxylation is 1. The van der Waals surface area contributed by atoms with Crippen LogP contribution in [0.15, 0.2) is 53.7 Å². The third-order valence-corrected chi connectivity index (χ3v) is 4.98. The van der Waals surface area contributed by atoms with E-state index in [-0.39, 0.29) is 16.7 Å². The van der Waals surface area contributed by atoms with Gasteiger partial charge < -0.3 is 4.74 Å². The molecule has 0 aliphatic carbocycles. The molecule has 0 aliphatic heterocycles. The summed E-state index contributed by atoms with van der Waals surface area (Å²) in [6.07, 6.45) is 0. The van der Waals surface area contributed by atoms with Crippen molar-refractivity contribution in [1.82, 2.24) is 9.97 Å². The summed E-state index contributed by atoms with van der Waals surface area (Å²) in [5.74, 6) is 0.0162. The van der Waals surface area contributed by atoms with Crippen molar-refractivity contribution in [1.29, 1.82) is 0 Å². The number of ether oxygens (including phenoxy) is 1. The number of rotatable bonds is 5. The Bertz CT molecular complexity index is 949. The van der Waals surface area contributed by atoms with E-state index in [0.717, 1.165) is 11.3 Å². The van der Waals surface area contributed by atoms with Crippen LogP contribution in [0.5, 0.6) is 11.6 Å². The maximum absolute atomic E-state index is 13.9. The topological polar surface area (TPSA) is 35.0 Å². The summed E-state index contributed by atoms with van der Waals surface area (Å²) in [4.78, 5) is 8.99. The Balaban J connectivity index is 1.88. The third kappa shape index (κ3) is 5.07. The molecule has 0 saturated heterocycles. The lowest BCUT2D eigenvalue weighted by Gasteiger charge is -2.19. The molecule has 1 aromatic heterocycles. The van der Waals surface area contributed by atoms with Crippen molar-refractivity contribution in [3.63, 3.8) is 0 Å². The van der Waals surface area contributed by atoms with E-state index in [0.29, 0.717) is 16.8 Å². The zero-order valence-corrected chi connectivity index (χ0v) is 17.1. The summed E-state index contributed by atoms with van der Waals surface area (Å²) in [6, 6.07) is 13.3. The van der Waals surface area contributed by atoms with Crippen LogP contribution in [-0.4, -0.2) is 9.97 Å². The Morgan fingerprint density at radius 3 is 2.21 bits per heavy atom. The highest BCUT2D eigenvalue weighted by molar-refractivity contribution is 7.98. The Morgan fingerprint density at radius 1 is 0.964 bits per heavy atom. The van der Waals surface area contributed by atoms with Gasteiger partial charge in [-0.2, -0.15) is 4.98 Å². The van der Waals surface area contributed by atoms with E-state index in [1.165, 1.54) is 30.0 Å². The van der Waals surface area contributed by atoms with E-state index in [1.807, 2.05) is 52.0 Å². The van der Waals surface area contributed by atoms with Gasteiger partial charge in [0, 0.05) is 22.8 Å². The molecule has 3 rings (SSSR count). The number of nitrogens with zero attached hydrogens (tertiary/aromatic N) is 2. The highest BCUT2D eigenvalue weighted by atomic mass is 32.2. The minimum atomic E-state index is -0.574. The molecule has 0 fully saturated rings. The van der Waals surface area contributed by atoms with Gasteiger partial charge in [-0.3, -0.25) is 0 Å². The van der Waals surface area contributed by atoms with E-state index in [9.17, 15) is 8.78 Å². The average molecular weight is 400 g/mol. The van der Waals surface area contributed by atoms with Gasteiger partial charge in [-0.25, -0.2) is 13.8 Å². The van der Waals surface area contributed by atoms with E-state index in [2.05, 4.69) is 9.97 Å². The Morgan fingerprint density at radius 2 is 1.61 bits per heavy atom. The molecular formula is C22H22F2N2OS. The lowest BCUT2D eigenvalue weighted by Crippen LogP contribution is -2.14. The minimum Gasteiger partial charge on any atom is -0.439 e. The van der Waals surface area contributed by atoms with Gasteiger partial charge in [0.1, 0.15) is 17.4 Å². The van der Waals surface area contributed by atoms with E-state index < -0.39 is 11.6 Å². The second-order valence-electron chi connectivity index (χ2n) is 7.53. The maximum atomic E-state index is 13.9. The molecule has 0 unspecified atom stereocenters. The van der Waals surface area contributed by atoms with Crippen LogP contribution in [-0.2, 0) is 11.2 Å².